The van der Waals surface area contributed by atoms with Crippen LogP contribution in [0.2, 0.25) is 0 Å². The van der Waals surface area contributed by atoms with Crippen LogP contribution in [0.15, 0.2) is 12.2 Å². The van der Waals surface area contributed by atoms with Crippen molar-refractivity contribution in [3.05, 3.63) is 12.2 Å². The summed E-state index contributed by atoms with van der Waals surface area (Å²) in [5.74, 6) is -0.869. The monoisotopic (exact) mass is 827 g/mol. The lowest BCUT2D eigenvalue weighted by atomic mass is 10.0. The predicted octanol–water partition coefficient (Wildman–Crippen LogP) is 7.52. The standard InChI is InChI=1S/C45H84N4O9/c1-8-9-24-30-42(58-44(54)38-48(4,5)34-36-56-39(2)50)41(52)29-25-20-16-12-13-17-21-26-31-43(53)46-32-27-22-18-14-10-11-15-19-23-28-33-47-45(55)49(6,7)35-37-57-40(3)51/h20,25,41-42,52H,8-19,21-24,26-38H2,1-7H3/p+2. The van der Waals surface area contributed by atoms with Crippen molar-refractivity contribution in [2.24, 2.45) is 0 Å². The smallest absolute Gasteiger partial charge is 0.416 e. The quantitative estimate of drug-likeness (QED) is 0.0190. The number of likely N-dealkylation sites (N-methyl/N-ethyl adjacent to an activating group) is 2. The van der Waals surface area contributed by atoms with Crippen molar-refractivity contribution >= 4 is 29.8 Å². The fourth-order valence-electron chi connectivity index (χ4n) is 6.49. The van der Waals surface area contributed by atoms with Gasteiger partial charge in [0.2, 0.25) is 5.91 Å². The Bertz CT molecular complexity index is 1150. The van der Waals surface area contributed by atoms with Crippen LogP contribution in [0.25, 0.3) is 0 Å². The fourth-order valence-corrected chi connectivity index (χ4v) is 6.49. The number of allylic oxidation sites excluding steroid dienone is 1. The maximum atomic E-state index is 12.7. The highest BCUT2D eigenvalue weighted by molar-refractivity contribution is 5.75. The Morgan fingerprint density at radius 2 is 1.16 bits per heavy atom. The van der Waals surface area contributed by atoms with E-state index in [1.807, 2.05) is 34.3 Å². The second kappa shape index (κ2) is 34.8. The third-order valence-electron chi connectivity index (χ3n) is 10.4. The number of carbonyl (C=O) groups excluding carboxylic acids is 5. The van der Waals surface area contributed by atoms with E-state index >= 15 is 0 Å². The molecule has 3 N–H and O–H groups in total. The summed E-state index contributed by atoms with van der Waals surface area (Å²) in [6.07, 6.45) is 25.2. The number of rotatable bonds is 37. The van der Waals surface area contributed by atoms with Gasteiger partial charge in [-0.2, -0.15) is 0 Å². The number of unbranched alkanes of at least 4 members (excludes halogenated alkanes) is 16. The largest absolute Gasteiger partial charge is 0.460 e. The van der Waals surface area contributed by atoms with Gasteiger partial charge in [0.1, 0.15) is 32.4 Å². The van der Waals surface area contributed by atoms with Crippen LogP contribution in [0.5, 0.6) is 0 Å². The zero-order valence-electron chi connectivity index (χ0n) is 37.9. The minimum atomic E-state index is -0.751. The van der Waals surface area contributed by atoms with E-state index in [9.17, 15) is 29.1 Å². The third kappa shape index (κ3) is 33.9. The number of aliphatic hydroxyl groups is 1. The molecule has 0 aliphatic carbocycles. The van der Waals surface area contributed by atoms with Gasteiger partial charge in [0.05, 0.1) is 34.3 Å². The predicted molar refractivity (Wildman–Crippen MR) is 231 cm³/mol. The van der Waals surface area contributed by atoms with Gasteiger partial charge in [-0.15, -0.1) is 0 Å². The Morgan fingerprint density at radius 1 is 0.638 bits per heavy atom. The Morgan fingerprint density at radius 3 is 1.72 bits per heavy atom. The van der Waals surface area contributed by atoms with Crippen LogP contribution in [0, 0.1) is 0 Å². The molecule has 0 bridgehead atoms. The number of quaternary nitrogens is 2. The molecule has 13 nitrogen and oxygen atoms in total. The van der Waals surface area contributed by atoms with Crippen molar-refractivity contribution in [2.45, 2.75) is 174 Å². The van der Waals surface area contributed by atoms with Crippen molar-refractivity contribution in [3.63, 3.8) is 0 Å². The Hall–Kier alpha value is -3.03. The second-order valence-electron chi connectivity index (χ2n) is 17.1. The number of aliphatic hydroxyl groups excluding tert-OH is 1. The minimum Gasteiger partial charge on any atom is -0.460 e. The molecule has 338 valence electrons. The number of ether oxygens (including phenoxy) is 3. The molecular weight excluding hydrogens is 741 g/mol. The minimum absolute atomic E-state index is 0.0507. The number of urea groups is 1. The number of hydrogen-bond donors (Lipinski definition) is 3. The van der Waals surface area contributed by atoms with Crippen LogP contribution in [0.3, 0.4) is 0 Å². The highest BCUT2D eigenvalue weighted by Crippen LogP contribution is 2.16. The van der Waals surface area contributed by atoms with Gasteiger partial charge < -0.3 is 34.4 Å². The maximum Gasteiger partial charge on any atom is 0.416 e. The van der Waals surface area contributed by atoms with Gasteiger partial charge in [-0.05, 0) is 51.4 Å². The first kappa shape index (κ1) is 55.0. The zero-order valence-corrected chi connectivity index (χ0v) is 37.9. The summed E-state index contributed by atoms with van der Waals surface area (Å²) in [4.78, 5) is 59.3. The van der Waals surface area contributed by atoms with E-state index in [0.717, 1.165) is 90.0 Å². The summed E-state index contributed by atoms with van der Waals surface area (Å²) in [5, 5.41) is 16.9. The molecular formula is C45H86N4O9+2. The van der Waals surface area contributed by atoms with E-state index in [0.29, 0.717) is 43.4 Å². The maximum absolute atomic E-state index is 12.7. The van der Waals surface area contributed by atoms with Gasteiger partial charge in [0.15, 0.2) is 6.54 Å². The molecule has 58 heavy (non-hydrogen) atoms. The van der Waals surface area contributed by atoms with E-state index in [-0.39, 0.29) is 54.1 Å². The van der Waals surface area contributed by atoms with Gasteiger partial charge in [0.25, 0.3) is 0 Å². The molecule has 2 atom stereocenters. The first-order chi connectivity index (χ1) is 27.6. The topological polar surface area (TPSA) is 157 Å². The molecule has 0 heterocycles. The Labute approximate surface area is 352 Å². The highest BCUT2D eigenvalue weighted by Gasteiger charge is 2.28. The van der Waals surface area contributed by atoms with Crippen LogP contribution < -0.4 is 10.6 Å². The molecule has 13 heteroatoms. The SMILES string of the molecule is CCCCCC(OC(=O)C[N+](C)(C)CCOC(C)=O)C(O)CC=CCCCCCCCC(=O)NCCCCCCCCCCCCNC(=O)[N+](C)(C)CCOC(C)=O. The van der Waals surface area contributed by atoms with Crippen LogP contribution in [-0.2, 0) is 33.4 Å². The number of amides is 3. The molecule has 0 aliphatic heterocycles. The van der Waals surface area contributed by atoms with Crippen molar-refractivity contribution in [2.75, 3.05) is 74.1 Å². The molecule has 0 saturated heterocycles. The second-order valence-corrected chi connectivity index (χ2v) is 17.1. The van der Waals surface area contributed by atoms with E-state index in [4.69, 9.17) is 14.2 Å². The van der Waals surface area contributed by atoms with Gasteiger partial charge >= 0.3 is 23.9 Å². The van der Waals surface area contributed by atoms with Gasteiger partial charge in [-0.25, -0.2) is 14.1 Å². The lowest BCUT2D eigenvalue weighted by Crippen LogP contribution is -2.53. The first-order valence-electron chi connectivity index (χ1n) is 22.6. The number of carbonyl (C=O) groups is 5. The summed E-state index contributed by atoms with van der Waals surface area (Å²) < 4.78 is 16.2. The van der Waals surface area contributed by atoms with E-state index in [1.54, 1.807) is 0 Å². The van der Waals surface area contributed by atoms with Crippen LogP contribution in [0.1, 0.15) is 162 Å². The molecule has 0 aliphatic rings. The average Bonchev–Trinajstić information content (AvgIpc) is 3.14. The van der Waals surface area contributed by atoms with E-state index in [2.05, 4.69) is 23.6 Å². The molecule has 0 aromatic heterocycles. The van der Waals surface area contributed by atoms with Crippen LogP contribution in [0.4, 0.5) is 4.79 Å². The summed E-state index contributed by atoms with van der Waals surface area (Å²) >= 11 is 0. The summed E-state index contributed by atoms with van der Waals surface area (Å²) in [6, 6.07) is -0.0507. The molecule has 0 spiro atoms. The summed E-state index contributed by atoms with van der Waals surface area (Å²) in [6.45, 7) is 7.85. The Kier molecular flexibility index (Phi) is 33.0. The molecule has 0 radical (unpaired) electrons. The fraction of sp³-hybridized carbons (Fsp3) is 0.844. The summed E-state index contributed by atoms with van der Waals surface area (Å²) in [5.41, 5.74) is 0. The van der Waals surface area contributed by atoms with Crippen molar-refractivity contribution in [1.82, 2.24) is 10.6 Å². The zero-order chi connectivity index (χ0) is 43.5. The van der Waals surface area contributed by atoms with Crippen LogP contribution in [-0.4, -0.2) is 130 Å². The lowest BCUT2D eigenvalue weighted by molar-refractivity contribution is -0.883. The Balaban J connectivity index is 3.85. The molecule has 2 unspecified atom stereocenters. The summed E-state index contributed by atoms with van der Waals surface area (Å²) in [7, 11) is 7.41. The highest BCUT2D eigenvalue weighted by atomic mass is 16.6. The van der Waals surface area contributed by atoms with Crippen LogP contribution >= 0.6 is 0 Å². The molecule has 0 aromatic carbocycles. The van der Waals surface area contributed by atoms with Gasteiger partial charge in [-0.1, -0.05) is 103 Å². The normalized spacial score (nSPS) is 12.9. The van der Waals surface area contributed by atoms with Gasteiger partial charge in [0, 0.05) is 33.4 Å². The first-order valence-corrected chi connectivity index (χ1v) is 22.6. The molecule has 0 rings (SSSR count). The molecule has 0 fully saturated rings. The lowest BCUT2D eigenvalue weighted by Gasteiger charge is -2.30. The van der Waals surface area contributed by atoms with E-state index < -0.39 is 12.2 Å². The van der Waals surface area contributed by atoms with Crippen molar-refractivity contribution < 1.29 is 52.3 Å². The number of esters is 3. The molecule has 0 saturated carbocycles. The average molecular weight is 827 g/mol. The van der Waals surface area contributed by atoms with E-state index in [1.165, 1.54) is 52.4 Å². The number of nitrogens with one attached hydrogen (secondary N) is 2. The van der Waals surface area contributed by atoms with Gasteiger partial charge in [-0.3, -0.25) is 14.4 Å². The van der Waals surface area contributed by atoms with Crippen molar-refractivity contribution in [1.29, 1.82) is 0 Å². The molecule has 3 amide bonds. The molecule has 0 aromatic rings. The third-order valence-corrected chi connectivity index (χ3v) is 10.4. The van der Waals surface area contributed by atoms with Crippen molar-refractivity contribution in [3.8, 4) is 0 Å². The number of hydrogen-bond acceptors (Lipinski definition) is 9. The number of nitrogens with zero attached hydrogens (tertiary/aromatic N) is 2.